The molecule has 0 radical (unpaired) electrons. The highest BCUT2D eigenvalue weighted by Gasteiger charge is 2.31. The first kappa shape index (κ1) is 13.4. The number of aromatic nitrogens is 2. The number of alkyl halides is 3. The molecule has 1 atom stereocenters. The summed E-state index contributed by atoms with van der Waals surface area (Å²) >= 11 is 0. The van der Waals surface area contributed by atoms with Crippen LogP contribution in [-0.4, -0.2) is 45.2 Å². The second kappa shape index (κ2) is 4.90. The van der Waals surface area contributed by atoms with Crippen molar-refractivity contribution in [2.75, 3.05) is 18.4 Å². The average molecular weight is 276 g/mol. The normalized spacial score (nSPS) is 19.5. The van der Waals surface area contributed by atoms with Gasteiger partial charge in [-0.05, 0) is 6.42 Å². The largest absolute Gasteiger partial charge is 0.465 e. The van der Waals surface area contributed by atoms with Crippen molar-refractivity contribution in [3.8, 4) is 0 Å². The molecule has 2 heterocycles. The summed E-state index contributed by atoms with van der Waals surface area (Å²) in [4.78, 5) is 19.1. The molecule has 104 valence electrons. The van der Waals surface area contributed by atoms with E-state index in [1.165, 1.54) is 4.90 Å². The van der Waals surface area contributed by atoms with Gasteiger partial charge < -0.3 is 15.3 Å². The molecule has 2 rings (SSSR count). The van der Waals surface area contributed by atoms with Crippen LogP contribution in [0.15, 0.2) is 12.4 Å². The van der Waals surface area contributed by atoms with Crippen LogP contribution in [0.25, 0.3) is 0 Å². The third kappa shape index (κ3) is 3.24. The zero-order valence-corrected chi connectivity index (χ0v) is 9.68. The molecule has 1 saturated heterocycles. The standard InChI is InChI=1S/C10H11F3N4O2/c11-10(12,13)6-3-14-8(15-4-6)16-7-1-2-17(5-7)9(18)19/h3-4,7H,1-2,5H2,(H,18,19)(H,14,15,16). The van der Waals surface area contributed by atoms with Gasteiger partial charge in [0.1, 0.15) is 0 Å². The number of carboxylic acid groups (broad SMARTS) is 1. The van der Waals surface area contributed by atoms with Gasteiger partial charge in [0.15, 0.2) is 0 Å². The van der Waals surface area contributed by atoms with Crippen molar-refractivity contribution in [2.45, 2.75) is 18.6 Å². The van der Waals surface area contributed by atoms with Crippen molar-refractivity contribution in [3.05, 3.63) is 18.0 Å². The van der Waals surface area contributed by atoms with Crippen LogP contribution in [0.2, 0.25) is 0 Å². The molecule has 1 fully saturated rings. The number of anilines is 1. The first-order valence-corrected chi connectivity index (χ1v) is 5.50. The van der Waals surface area contributed by atoms with Gasteiger partial charge in [-0.3, -0.25) is 0 Å². The van der Waals surface area contributed by atoms with Crippen LogP contribution in [0, 0.1) is 0 Å². The molecule has 19 heavy (non-hydrogen) atoms. The summed E-state index contributed by atoms with van der Waals surface area (Å²) in [5, 5.41) is 11.6. The highest BCUT2D eigenvalue weighted by atomic mass is 19.4. The number of rotatable bonds is 2. The van der Waals surface area contributed by atoms with E-state index < -0.39 is 17.8 Å². The molecule has 1 aromatic heterocycles. The Bertz CT molecular complexity index is 463. The second-order valence-electron chi connectivity index (χ2n) is 4.15. The number of hydrogen-bond donors (Lipinski definition) is 2. The summed E-state index contributed by atoms with van der Waals surface area (Å²) < 4.78 is 36.9. The zero-order valence-electron chi connectivity index (χ0n) is 9.68. The van der Waals surface area contributed by atoms with E-state index in [0.29, 0.717) is 25.4 Å². The maximum Gasteiger partial charge on any atom is 0.419 e. The lowest BCUT2D eigenvalue weighted by Crippen LogP contribution is -2.30. The van der Waals surface area contributed by atoms with Gasteiger partial charge in [0, 0.05) is 31.5 Å². The Morgan fingerprint density at radius 3 is 2.53 bits per heavy atom. The Hall–Kier alpha value is -2.06. The topological polar surface area (TPSA) is 78.4 Å². The van der Waals surface area contributed by atoms with Gasteiger partial charge in [-0.2, -0.15) is 13.2 Å². The number of carbonyl (C=O) groups is 1. The summed E-state index contributed by atoms with van der Waals surface area (Å²) in [6.45, 7) is 0.646. The molecule has 1 aliphatic heterocycles. The van der Waals surface area contributed by atoms with Gasteiger partial charge in [0.2, 0.25) is 5.95 Å². The molecule has 2 N–H and O–H groups in total. The Kier molecular flexibility index (Phi) is 3.45. The van der Waals surface area contributed by atoms with E-state index in [-0.39, 0.29) is 18.5 Å². The second-order valence-corrected chi connectivity index (χ2v) is 4.15. The summed E-state index contributed by atoms with van der Waals surface area (Å²) in [5.74, 6) is 0.0604. The zero-order chi connectivity index (χ0) is 14.0. The number of amides is 1. The van der Waals surface area contributed by atoms with Crippen LogP contribution in [0.4, 0.5) is 23.9 Å². The molecule has 1 amide bonds. The molecule has 1 aliphatic rings. The molecule has 1 aromatic rings. The maximum atomic E-state index is 12.3. The monoisotopic (exact) mass is 276 g/mol. The van der Waals surface area contributed by atoms with Gasteiger partial charge in [-0.15, -0.1) is 0 Å². The number of nitrogens with zero attached hydrogens (tertiary/aromatic N) is 3. The number of hydrogen-bond acceptors (Lipinski definition) is 4. The minimum absolute atomic E-state index is 0.0604. The Labute approximate surface area is 106 Å². The SMILES string of the molecule is O=C(O)N1CCC(Nc2ncc(C(F)(F)F)cn2)C1. The average Bonchev–Trinajstić information content (AvgIpc) is 2.77. The molecular weight excluding hydrogens is 265 g/mol. The van der Waals surface area contributed by atoms with E-state index in [0.717, 1.165) is 0 Å². The summed E-state index contributed by atoms with van der Waals surface area (Å²) in [6, 6.07) is -0.187. The van der Waals surface area contributed by atoms with Crippen molar-refractivity contribution in [3.63, 3.8) is 0 Å². The van der Waals surface area contributed by atoms with Crippen molar-refractivity contribution in [1.29, 1.82) is 0 Å². The van der Waals surface area contributed by atoms with Crippen LogP contribution >= 0.6 is 0 Å². The lowest BCUT2D eigenvalue weighted by molar-refractivity contribution is -0.138. The lowest BCUT2D eigenvalue weighted by atomic mass is 10.3. The smallest absolute Gasteiger partial charge is 0.419 e. The third-order valence-corrected chi connectivity index (χ3v) is 2.77. The van der Waals surface area contributed by atoms with Crippen LogP contribution in [0.3, 0.4) is 0 Å². The minimum atomic E-state index is -4.47. The molecular formula is C10H11F3N4O2. The quantitative estimate of drug-likeness (QED) is 0.859. The van der Waals surface area contributed by atoms with Gasteiger partial charge >= 0.3 is 12.3 Å². The Balaban J connectivity index is 1.96. The first-order valence-electron chi connectivity index (χ1n) is 5.50. The van der Waals surface area contributed by atoms with E-state index >= 15 is 0 Å². The predicted molar refractivity (Wildman–Crippen MR) is 58.7 cm³/mol. The molecule has 1 unspecified atom stereocenters. The molecule has 9 heteroatoms. The molecule has 0 spiro atoms. The van der Waals surface area contributed by atoms with Crippen molar-refractivity contribution in [1.82, 2.24) is 14.9 Å². The van der Waals surface area contributed by atoms with Crippen LogP contribution < -0.4 is 5.32 Å². The molecule has 0 saturated carbocycles. The van der Waals surface area contributed by atoms with E-state index in [1.54, 1.807) is 0 Å². The van der Waals surface area contributed by atoms with Crippen molar-refractivity contribution in [2.24, 2.45) is 0 Å². The third-order valence-electron chi connectivity index (χ3n) is 2.77. The van der Waals surface area contributed by atoms with E-state index in [4.69, 9.17) is 5.11 Å². The van der Waals surface area contributed by atoms with Crippen LogP contribution in [0.5, 0.6) is 0 Å². The molecule has 0 aliphatic carbocycles. The fourth-order valence-corrected chi connectivity index (χ4v) is 1.78. The fraction of sp³-hybridized carbons (Fsp3) is 0.500. The van der Waals surface area contributed by atoms with E-state index in [9.17, 15) is 18.0 Å². The minimum Gasteiger partial charge on any atom is -0.465 e. The maximum absolute atomic E-state index is 12.3. The summed E-state index contributed by atoms with van der Waals surface area (Å²) in [7, 11) is 0. The molecule has 0 bridgehead atoms. The summed E-state index contributed by atoms with van der Waals surface area (Å²) in [5.41, 5.74) is -0.920. The Morgan fingerprint density at radius 2 is 2.05 bits per heavy atom. The highest BCUT2D eigenvalue weighted by molar-refractivity contribution is 5.65. The number of halogens is 3. The first-order chi connectivity index (χ1) is 8.86. The molecule has 6 nitrogen and oxygen atoms in total. The van der Waals surface area contributed by atoms with Gasteiger partial charge in [-0.25, -0.2) is 14.8 Å². The fourth-order valence-electron chi connectivity index (χ4n) is 1.78. The van der Waals surface area contributed by atoms with Gasteiger partial charge in [0.05, 0.1) is 5.56 Å². The van der Waals surface area contributed by atoms with Gasteiger partial charge in [-0.1, -0.05) is 0 Å². The highest BCUT2D eigenvalue weighted by Crippen LogP contribution is 2.28. The lowest BCUT2D eigenvalue weighted by Gasteiger charge is -2.14. The predicted octanol–water partition coefficient (Wildman–Crippen LogP) is 1.66. The Morgan fingerprint density at radius 1 is 1.42 bits per heavy atom. The van der Waals surface area contributed by atoms with Crippen molar-refractivity contribution >= 4 is 12.0 Å². The van der Waals surface area contributed by atoms with Crippen LogP contribution in [-0.2, 0) is 6.18 Å². The van der Waals surface area contributed by atoms with Crippen LogP contribution in [0.1, 0.15) is 12.0 Å². The molecule has 0 aromatic carbocycles. The van der Waals surface area contributed by atoms with E-state index in [1.807, 2.05) is 0 Å². The van der Waals surface area contributed by atoms with E-state index in [2.05, 4.69) is 15.3 Å². The number of nitrogens with one attached hydrogen (secondary N) is 1. The van der Waals surface area contributed by atoms with Crippen molar-refractivity contribution < 1.29 is 23.1 Å². The summed E-state index contributed by atoms with van der Waals surface area (Å²) in [6.07, 6.45) is -3.53. The van der Waals surface area contributed by atoms with Gasteiger partial charge in [0.25, 0.3) is 0 Å². The number of likely N-dealkylation sites (tertiary alicyclic amines) is 1.